The quantitative estimate of drug-likeness (QED) is 0.679. The molecule has 2 rings (SSSR count). The molecule has 17 heavy (non-hydrogen) atoms. The molecule has 1 aromatic heterocycles. The maximum absolute atomic E-state index is 11.8. The average molecular weight is 262 g/mol. The summed E-state index contributed by atoms with van der Waals surface area (Å²) in [7, 11) is 0. The zero-order chi connectivity index (χ0) is 12.3. The SMILES string of the molecule is FC(F)(F)CONCc1nc2ccccc2s1. The van der Waals surface area contributed by atoms with Crippen molar-refractivity contribution in [2.24, 2.45) is 0 Å². The van der Waals surface area contributed by atoms with E-state index in [0.29, 0.717) is 5.01 Å². The summed E-state index contributed by atoms with van der Waals surface area (Å²) in [5.41, 5.74) is 3.09. The molecular weight excluding hydrogens is 253 g/mol. The van der Waals surface area contributed by atoms with E-state index in [-0.39, 0.29) is 6.54 Å². The lowest BCUT2D eigenvalue weighted by Crippen LogP contribution is -2.24. The van der Waals surface area contributed by atoms with E-state index in [4.69, 9.17) is 0 Å². The average Bonchev–Trinajstić information content (AvgIpc) is 2.65. The highest BCUT2D eigenvalue weighted by molar-refractivity contribution is 7.18. The van der Waals surface area contributed by atoms with E-state index in [0.717, 1.165) is 10.2 Å². The van der Waals surface area contributed by atoms with Crippen LogP contribution in [0.2, 0.25) is 0 Å². The predicted octanol–water partition coefficient (Wildman–Crippen LogP) is 2.88. The Labute approximate surface area is 99.2 Å². The van der Waals surface area contributed by atoms with Crippen molar-refractivity contribution in [1.82, 2.24) is 10.5 Å². The number of nitrogens with zero attached hydrogens (tertiary/aromatic N) is 1. The summed E-state index contributed by atoms with van der Waals surface area (Å²) in [5, 5.41) is 0.688. The second-order valence-electron chi connectivity index (χ2n) is 3.30. The molecule has 1 heterocycles. The van der Waals surface area contributed by atoms with Crippen LogP contribution in [-0.4, -0.2) is 17.8 Å². The van der Waals surface area contributed by atoms with Crippen molar-refractivity contribution >= 4 is 21.6 Å². The first-order valence-corrected chi connectivity index (χ1v) is 5.62. The van der Waals surface area contributed by atoms with Gasteiger partial charge in [-0.3, -0.25) is 4.84 Å². The second kappa shape index (κ2) is 4.99. The molecule has 0 amide bonds. The smallest absolute Gasteiger partial charge is 0.292 e. The minimum Gasteiger partial charge on any atom is -0.292 e. The van der Waals surface area contributed by atoms with E-state index >= 15 is 0 Å². The molecule has 0 aliphatic carbocycles. The summed E-state index contributed by atoms with van der Waals surface area (Å²) in [4.78, 5) is 8.53. The zero-order valence-corrected chi connectivity index (χ0v) is 9.44. The van der Waals surface area contributed by atoms with Crippen LogP contribution in [0, 0.1) is 0 Å². The Balaban J connectivity index is 1.87. The molecule has 7 heteroatoms. The van der Waals surface area contributed by atoms with Crippen molar-refractivity contribution in [1.29, 1.82) is 0 Å². The maximum atomic E-state index is 11.8. The molecule has 92 valence electrons. The van der Waals surface area contributed by atoms with Gasteiger partial charge in [-0.05, 0) is 12.1 Å². The summed E-state index contributed by atoms with van der Waals surface area (Å²) >= 11 is 1.42. The number of hydrogen-bond acceptors (Lipinski definition) is 4. The third-order valence-electron chi connectivity index (χ3n) is 1.90. The highest BCUT2D eigenvalue weighted by atomic mass is 32.1. The van der Waals surface area contributed by atoms with Gasteiger partial charge >= 0.3 is 6.18 Å². The molecule has 0 atom stereocenters. The molecule has 0 aliphatic rings. The Bertz CT molecular complexity index is 465. The normalized spacial score (nSPS) is 12.2. The number of benzene rings is 1. The first-order valence-electron chi connectivity index (χ1n) is 4.80. The fourth-order valence-corrected chi connectivity index (χ4v) is 2.13. The molecule has 0 saturated heterocycles. The van der Waals surface area contributed by atoms with Gasteiger partial charge in [-0.15, -0.1) is 11.3 Å². The van der Waals surface area contributed by atoms with Gasteiger partial charge in [-0.2, -0.15) is 18.7 Å². The lowest BCUT2D eigenvalue weighted by Gasteiger charge is -2.06. The Morgan fingerprint density at radius 2 is 2.06 bits per heavy atom. The van der Waals surface area contributed by atoms with Crippen molar-refractivity contribution in [2.75, 3.05) is 6.61 Å². The standard InChI is InChI=1S/C10H9F3N2OS/c11-10(12,13)6-16-14-5-9-15-7-3-1-2-4-8(7)17-9/h1-4,14H,5-6H2. The summed E-state index contributed by atoms with van der Waals surface area (Å²) in [6.07, 6.45) is -4.32. The first kappa shape index (κ1) is 12.3. The summed E-state index contributed by atoms with van der Waals surface area (Å²) < 4.78 is 36.3. The van der Waals surface area contributed by atoms with E-state index in [2.05, 4.69) is 15.3 Å². The molecule has 0 bridgehead atoms. The number of halogens is 3. The highest BCUT2D eigenvalue weighted by Gasteiger charge is 2.27. The Hall–Kier alpha value is -1.18. The molecule has 3 nitrogen and oxygen atoms in total. The van der Waals surface area contributed by atoms with Gasteiger partial charge < -0.3 is 0 Å². The van der Waals surface area contributed by atoms with Crippen LogP contribution >= 0.6 is 11.3 Å². The van der Waals surface area contributed by atoms with Crippen LogP contribution in [0.3, 0.4) is 0 Å². The summed E-state index contributed by atoms with van der Waals surface area (Å²) in [6.45, 7) is -1.15. The van der Waals surface area contributed by atoms with Gasteiger partial charge in [0.15, 0.2) is 6.61 Å². The maximum Gasteiger partial charge on any atom is 0.413 e. The van der Waals surface area contributed by atoms with Gasteiger partial charge in [-0.1, -0.05) is 12.1 Å². The molecule has 0 fully saturated rings. The summed E-state index contributed by atoms with van der Waals surface area (Å²) in [6, 6.07) is 7.51. The van der Waals surface area contributed by atoms with E-state index in [1.807, 2.05) is 24.3 Å². The zero-order valence-electron chi connectivity index (χ0n) is 8.62. The molecule has 1 aromatic carbocycles. The number of hydroxylamine groups is 1. The number of rotatable bonds is 4. The van der Waals surface area contributed by atoms with E-state index in [1.54, 1.807) is 0 Å². The third-order valence-corrected chi connectivity index (χ3v) is 2.94. The van der Waals surface area contributed by atoms with Gasteiger partial charge in [0, 0.05) is 0 Å². The molecule has 2 aromatic rings. The number of fused-ring (bicyclic) bond motifs is 1. The molecule has 1 N–H and O–H groups in total. The Morgan fingerprint density at radius 1 is 1.29 bits per heavy atom. The largest absolute Gasteiger partial charge is 0.413 e. The number of thiazole rings is 1. The van der Waals surface area contributed by atoms with Crippen LogP contribution in [0.1, 0.15) is 5.01 Å². The van der Waals surface area contributed by atoms with E-state index in [9.17, 15) is 13.2 Å². The number of nitrogens with one attached hydrogen (secondary N) is 1. The fraction of sp³-hybridized carbons (Fsp3) is 0.300. The van der Waals surface area contributed by atoms with Crippen LogP contribution in [0.5, 0.6) is 0 Å². The van der Waals surface area contributed by atoms with Gasteiger partial charge in [-0.25, -0.2) is 4.98 Å². The minimum absolute atomic E-state index is 0.162. The van der Waals surface area contributed by atoms with Gasteiger partial charge in [0.25, 0.3) is 0 Å². The minimum atomic E-state index is -4.32. The topological polar surface area (TPSA) is 34.1 Å². The molecular formula is C10H9F3N2OS. The van der Waals surface area contributed by atoms with Crippen molar-refractivity contribution in [2.45, 2.75) is 12.7 Å². The Morgan fingerprint density at radius 3 is 2.76 bits per heavy atom. The van der Waals surface area contributed by atoms with Crippen LogP contribution in [-0.2, 0) is 11.4 Å². The highest BCUT2D eigenvalue weighted by Crippen LogP contribution is 2.21. The molecule has 0 saturated carbocycles. The lowest BCUT2D eigenvalue weighted by molar-refractivity contribution is -0.190. The number of para-hydroxylation sites is 1. The van der Waals surface area contributed by atoms with Gasteiger partial charge in [0.2, 0.25) is 0 Å². The lowest BCUT2D eigenvalue weighted by atomic mass is 10.3. The predicted molar refractivity (Wildman–Crippen MR) is 58.5 cm³/mol. The monoisotopic (exact) mass is 262 g/mol. The van der Waals surface area contributed by atoms with E-state index < -0.39 is 12.8 Å². The van der Waals surface area contributed by atoms with E-state index in [1.165, 1.54) is 11.3 Å². The molecule has 0 unspecified atom stereocenters. The number of aromatic nitrogens is 1. The van der Waals surface area contributed by atoms with Crippen LogP contribution < -0.4 is 5.48 Å². The van der Waals surface area contributed by atoms with Crippen LogP contribution in [0.25, 0.3) is 10.2 Å². The second-order valence-corrected chi connectivity index (χ2v) is 4.42. The third kappa shape index (κ3) is 3.65. The summed E-state index contributed by atoms with van der Waals surface area (Å²) in [5.74, 6) is 0. The van der Waals surface area contributed by atoms with Crippen molar-refractivity contribution in [3.05, 3.63) is 29.3 Å². The number of alkyl halides is 3. The van der Waals surface area contributed by atoms with Gasteiger partial charge in [0.1, 0.15) is 5.01 Å². The molecule has 0 aliphatic heterocycles. The Kier molecular flexibility index (Phi) is 3.60. The van der Waals surface area contributed by atoms with Crippen LogP contribution in [0.15, 0.2) is 24.3 Å². The molecule has 0 spiro atoms. The van der Waals surface area contributed by atoms with Crippen LogP contribution in [0.4, 0.5) is 13.2 Å². The van der Waals surface area contributed by atoms with Gasteiger partial charge in [0.05, 0.1) is 16.8 Å². The fourth-order valence-electron chi connectivity index (χ4n) is 1.24. The first-order chi connectivity index (χ1) is 8.04. The van der Waals surface area contributed by atoms with Crippen molar-refractivity contribution in [3.63, 3.8) is 0 Å². The number of hydrogen-bond donors (Lipinski definition) is 1. The van der Waals surface area contributed by atoms with Crippen molar-refractivity contribution < 1.29 is 18.0 Å². The van der Waals surface area contributed by atoms with Crippen molar-refractivity contribution in [3.8, 4) is 0 Å². The molecule has 0 radical (unpaired) electrons.